The second-order valence-corrected chi connectivity index (χ2v) is 1.44. The third-order valence-corrected chi connectivity index (χ3v) is 0.686. The van der Waals surface area contributed by atoms with Gasteiger partial charge in [-0.1, -0.05) is 0 Å². The Morgan fingerprint density at radius 1 is 1.20 bits per heavy atom. The fraction of sp³-hybridized carbons (Fsp3) is 0.500. The van der Waals surface area contributed by atoms with E-state index in [1.54, 1.807) is 0 Å². The molecule has 10 heavy (non-hydrogen) atoms. The molecular weight excluding hydrogens is 159 g/mol. The summed E-state index contributed by atoms with van der Waals surface area (Å²) in [5.41, 5.74) is 0. The van der Waals surface area contributed by atoms with Gasteiger partial charge in [0.05, 0.1) is 0 Å². The van der Waals surface area contributed by atoms with Gasteiger partial charge in [-0.3, -0.25) is 0 Å². The van der Waals surface area contributed by atoms with Gasteiger partial charge in [0.15, 0.2) is 0 Å². The van der Waals surface area contributed by atoms with E-state index in [1.807, 2.05) is 0 Å². The topological polar surface area (TPSA) is 20.2 Å². The number of alkyl halides is 2. The molecule has 0 radical (unpaired) electrons. The highest BCUT2D eigenvalue weighted by Gasteiger charge is 2.38. The van der Waals surface area contributed by atoms with E-state index in [4.69, 9.17) is 5.11 Å². The van der Waals surface area contributed by atoms with Gasteiger partial charge in [0, 0.05) is 0 Å². The van der Waals surface area contributed by atoms with Crippen molar-refractivity contribution in [2.24, 2.45) is 0 Å². The van der Waals surface area contributed by atoms with Gasteiger partial charge in [-0.2, -0.15) is 22.0 Å². The average molecular weight is 162 g/mol. The molecule has 0 aliphatic carbocycles. The molecule has 0 aliphatic rings. The summed E-state index contributed by atoms with van der Waals surface area (Å²) in [7, 11) is 0. The van der Waals surface area contributed by atoms with Gasteiger partial charge in [0.25, 0.3) is 0 Å². The fourth-order valence-electron chi connectivity index (χ4n) is 0.208. The van der Waals surface area contributed by atoms with E-state index >= 15 is 0 Å². The summed E-state index contributed by atoms with van der Waals surface area (Å²) in [6, 6.07) is 0. The maximum Gasteiger partial charge on any atom is 0.326 e. The van der Waals surface area contributed by atoms with E-state index in [2.05, 4.69) is 0 Å². The highest BCUT2D eigenvalue weighted by molar-refractivity contribution is 5.04. The zero-order valence-electron chi connectivity index (χ0n) is 4.54. The number of rotatable bonds is 2. The lowest BCUT2D eigenvalue weighted by Gasteiger charge is -2.07. The van der Waals surface area contributed by atoms with Crippen LogP contribution in [0.25, 0.3) is 0 Å². The smallest absolute Gasteiger partial charge is 0.326 e. The first-order valence-corrected chi connectivity index (χ1v) is 2.11. The standard InChI is InChI=1S/C4H3F5O/c5-2(3(6)7)4(8,9)1-10/h10H,1H2. The predicted molar refractivity (Wildman–Crippen MR) is 22.4 cm³/mol. The van der Waals surface area contributed by atoms with Crippen LogP contribution in [0.1, 0.15) is 0 Å². The highest BCUT2D eigenvalue weighted by Crippen LogP contribution is 2.28. The van der Waals surface area contributed by atoms with E-state index < -0.39 is 24.4 Å². The van der Waals surface area contributed by atoms with Crippen molar-refractivity contribution in [3.8, 4) is 0 Å². The maximum atomic E-state index is 11.6. The number of hydrogen-bond donors (Lipinski definition) is 1. The third-order valence-electron chi connectivity index (χ3n) is 0.686. The van der Waals surface area contributed by atoms with Crippen molar-refractivity contribution in [1.29, 1.82) is 0 Å². The molecule has 0 amide bonds. The molecule has 0 aromatic rings. The molecular formula is C4H3F5O. The van der Waals surface area contributed by atoms with Gasteiger partial charge in [0.2, 0.25) is 5.83 Å². The predicted octanol–water partition coefficient (Wildman–Crippen LogP) is 1.69. The highest BCUT2D eigenvalue weighted by atomic mass is 19.3. The van der Waals surface area contributed by atoms with Crippen LogP contribution in [-0.4, -0.2) is 17.6 Å². The molecule has 0 bridgehead atoms. The average Bonchev–Trinajstić information content (AvgIpc) is 1.86. The maximum absolute atomic E-state index is 11.6. The molecule has 0 fully saturated rings. The molecule has 1 nitrogen and oxygen atoms in total. The largest absolute Gasteiger partial charge is 0.390 e. The quantitative estimate of drug-likeness (QED) is 0.612. The number of hydrogen-bond acceptors (Lipinski definition) is 1. The summed E-state index contributed by atoms with van der Waals surface area (Å²) in [4.78, 5) is 0. The first-order chi connectivity index (χ1) is 4.41. The second kappa shape index (κ2) is 2.96. The molecule has 1 N–H and O–H groups in total. The molecule has 0 aromatic heterocycles. The zero-order valence-corrected chi connectivity index (χ0v) is 4.54. The SMILES string of the molecule is OCC(F)(F)C(F)=C(F)F. The van der Waals surface area contributed by atoms with Crippen LogP contribution in [-0.2, 0) is 0 Å². The summed E-state index contributed by atoms with van der Waals surface area (Å²) >= 11 is 0. The van der Waals surface area contributed by atoms with Crippen LogP contribution < -0.4 is 0 Å². The summed E-state index contributed by atoms with van der Waals surface area (Å²) in [6.45, 7) is -1.96. The van der Waals surface area contributed by atoms with E-state index in [1.165, 1.54) is 0 Å². The van der Waals surface area contributed by atoms with Gasteiger partial charge < -0.3 is 5.11 Å². The molecule has 0 rings (SSSR count). The Labute approximate surface area is 52.8 Å². The normalized spacial score (nSPS) is 11.4. The van der Waals surface area contributed by atoms with Gasteiger partial charge in [0.1, 0.15) is 6.61 Å². The fourth-order valence-corrected chi connectivity index (χ4v) is 0.208. The van der Waals surface area contributed by atoms with Crippen molar-refractivity contribution < 1.29 is 27.1 Å². The summed E-state index contributed by atoms with van der Waals surface area (Å²) < 4.78 is 56.8. The van der Waals surface area contributed by atoms with Crippen molar-refractivity contribution in [2.45, 2.75) is 5.92 Å². The van der Waals surface area contributed by atoms with Crippen molar-refractivity contribution in [2.75, 3.05) is 6.61 Å². The summed E-state index contributed by atoms with van der Waals surface area (Å²) in [5.74, 6) is -7.34. The Balaban J connectivity index is 4.49. The van der Waals surface area contributed by atoms with E-state index in [0.717, 1.165) is 0 Å². The van der Waals surface area contributed by atoms with Crippen LogP contribution in [0.5, 0.6) is 0 Å². The van der Waals surface area contributed by atoms with Crippen molar-refractivity contribution in [1.82, 2.24) is 0 Å². The monoisotopic (exact) mass is 162 g/mol. The molecule has 60 valence electrons. The minimum atomic E-state index is -4.46. The van der Waals surface area contributed by atoms with Gasteiger partial charge in [-0.25, -0.2) is 0 Å². The van der Waals surface area contributed by atoms with Crippen molar-refractivity contribution in [3.05, 3.63) is 11.9 Å². The Bertz CT molecular complexity index is 148. The molecule has 0 saturated carbocycles. The molecule has 0 aromatic carbocycles. The Kier molecular flexibility index (Phi) is 2.77. The van der Waals surface area contributed by atoms with Crippen LogP contribution in [0.2, 0.25) is 0 Å². The Morgan fingerprint density at radius 3 is 1.70 bits per heavy atom. The first-order valence-electron chi connectivity index (χ1n) is 2.11. The molecule has 0 saturated heterocycles. The molecule has 0 atom stereocenters. The van der Waals surface area contributed by atoms with E-state index in [0.29, 0.717) is 0 Å². The van der Waals surface area contributed by atoms with Crippen molar-refractivity contribution >= 4 is 0 Å². The van der Waals surface area contributed by atoms with E-state index in [-0.39, 0.29) is 0 Å². The zero-order chi connectivity index (χ0) is 8.36. The lowest BCUT2D eigenvalue weighted by Crippen LogP contribution is -2.22. The minimum absolute atomic E-state index is 1.96. The van der Waals surface area contributed by atoms with Crippen LogP contribution in [0.3, 0.4) is 0 Å². The number of halogens is 5. The summed E-state index contributed by atoms with van der Waals surface area (Å²) in [5, 5.41) is 7.66. The minimum Gasteiger partial charge on any atom is -0.390 e. The van der Waals surface area contributed by atoms with Crippen LogP contribution >= 0.6 is 0 Å². The van der Waals surface area contributed by atoms with E-state index in [9.17, 15) is 22.0 Å². The number of aliphatic hydroxyl groups excluding tert-OH is 1. The molecule has 0 unspecified atom stereocenters. The summed E-state index contributed by atoms with van der Waals surface area (Å²) in [6.07, 6.45) is -3.11. The van der Waals surface area contributed by atoms with Crippen LogP contribution in [0, 0.1) is 0 Å². The Morgan fingerprint density at radius 2 is 1.60 bits per heavy atom. The van der Waals surface area contributed by atoms with Gasteiger partial charge >= 0.3 is 12.0 Å². The third kappa shape index (κ3) is 1.94. The Hall–Kier alpha value is -0.650. The first kappa shape index (κ1) is 9.35. The lowest BCUT2D eigenvalue weighted by atomic mass is 10.3. The molecule has 0 aliphatic heterocycles. The lowest BCUT2D eigenvalue weighted by molar-refractivity contribution is -0.0385. The van der Waals surface area contributed by atoms with Gasteiger partial charge in [-0.15, -0.1) is 0 Å². The molecule has 0 spiro atoms. The molecule has 0 heterocycles. The van der Waals surface area contributed by atoms with Crippen molar-refractivity contribution in [3.63, 3.8) is 0 Å². The second-order valence-electron chi connectivity index (χ2n) is 1.44. The number of aliphatic hydroxyl groups is 1. The van der Waals surface area contributed by atoms with Gasteiger partial charge in [-0.05, 0) is 0 Å². The van der Waals surface area contributed by atoms with Crippen LogP contribution in [0.15, 0.2) is 11.9 Å². The molecule has 6 heteroatoms. The van der Waals surface area contributed by atoms with Crippen LogP contribution in [0.4, 0.5) is 22.0 Å².